The van der Waals surface area contributed by atoms with Crippen molar-refractivity contribution in [3.8, 4) is 0 Å². The molecule has 1 aromatic carbocycles. The maximum absolute atomic E-state index is 12.5. The first-order valence-corrected chi connectivity index (χ1v) is 11.6. The average Bonchev–Trinajstić information content (AvgIpc) is 3.15. The van der Waals surface area contributed by atoms with E-state index < -0.39 is 9.84 Å². The van der Waals surface area contributed by atoms with Crippen LogP contribution in [0.2, 0.25) is 0 Å². The van der Waals surface area contributed by atoms with Crippen LogP contribution in [0.3, 0.4) is 0 Å². The van der Waals surface area contributed by atoms with E-state index in [2.05, 4.69) is 4.90 Å². The van der Waals surface area contributed by atoms with Gasteiger partial charge in [0.05, 0.1) is 11.0 Å². The molecule has 1 amide bonds. The third kappa shape index (κ3) is 5.30. The molecule has 1 unspecified atom stereocenters. The van der Waals surface area contributed by atoms with E-state index in [9.17, 15) is 13.2 Å². The highest BCUT2D eigenvalue weighted by atomic mass is 32.2. The largest absolute Gasteiger partial charge is 0.380 e. The molecule has 1 atom stereocenters. The first-order valence-electron chi connectivity index (χ1n) is 9.70. The van der Waals surface area contributed by atoms with Crippen LogP contribution in [0.5, 0.6) is 0 Å². The van der Waals surface area contributed by atoms with Crippen LogP contribution in [0.25, 0.3) is 0 Å². The fourth-order valence-electron chi connectivity index (χ4n) is 4.07. The number of likely N-dealkylation sites (tertiary alicyclic amines) is 2. The van der Waals surface area contributed by atoms with E-state index in [1.54, 1.807) is 31.4 Å². The van der Waals surface area contributed by atoms with E-state index in [-0.39, 0.29) is 5.91 Å². The second kappa shape index (κ2) is 8.71. The van der Waals surface area contributed by atoms with Crippen molar-refractivity contribution in [3.05, 3.63) is 29.8 Å². The number of nitrogens with zero attached hydrogens (tertiary/aromatic N) is 2. The number of carbonyl (C=O) groups is 1. The molecule has 2 fully saturated rings. The highest BCUT2D eigenvalue weighted by molar-refractivity contribution is 7.90. The summed E-state index contributed by atoms with van der Waals surface area (Å²) < 4.78 is 28.5. The summed E-state index contributed by atoms with van der Waals surface area (Å²) in [5.74, 6) is 0.192. The Balaban J connectivity index is 1.43. The summed E-state index contributed by atoms with van der Waals surface area (Å²) in [6.45, 7) is 3.76. The van der Waals surface area contributed by atoms with Crippen molar-refractivity contribution < 1.29 is 17.9 Å². The van der Waals surface area contributed by atoms with Crippen LogP contribution >= 0.6 is 0 Å². The van der Waals surface area contributed by atoms with Crippen LogP contribution < -0.4 is 0 Å². The summed E-state index contributed by atoms with van der Waals surface area (Å²) in [6, 6.07) is 7.40. The lowest BCUT2D eigenvalue weighted by molar-refractivity contribution is -0.132. The first-order chi connectivity index (χ1) is 12.9. The highest BCUT2D eigenvalue weighted by Crippen LogP contribution is 2.23. The van der Waals surface area contributed by atoms with Crippen LogP contribution in [-0.2, 0) is 25.8 Å². The van der Waals surface area contributed by atoms with Crippen LogP contribution in [0, 0.1) is 0 Å². The normalized spacial score (nSPS) is 22.3. The van der Waals surface area contributed by atoms with E-state index in [0.717, 1.165) is 51.0 Å². The van der Waals surface area contributed by atoms with Crippen molar-refractivity contribution in [2.24, 2.45) is 0 Å². The molecule has 0 bridgehead atoms. The van der Waals surface area contributed by atoms with E-state index in [1.165, 1.54) is 6.26 Å². The second-order valence-electron chi connectivity index (χ2n) is 7.67. The molecular weight excluding hydrogens is 364 g/mol. The predicted octanol–water partition coefficient (Wildman–Crippen LogP) is 1.73. The van der Waals surface area contributed by atoms with Gasteiger partial charge in [0.1, 0.15) is 0 Å². The minimum atomic E-state index is -3.17. The number of rotatable bonds is 6. The molecule has 0 saturated carbocycles. The zero-order valence-electron chi connectivity index (χ0n) is 16.3. The Bertz CT molecular complexity index is 740. The maximum atomic E-state index is 12.5. The molecule has 2 aliphatic rings. The Labute approximate surface area is 162 Å². The van der Waals surface area contributed by atoms with Gasteiger partial charge in [0.2, 0.25) is 5.91 Å². The molecule has 6 nitrogen and oxygen atoms in total. The molecule has 2 aliphatic heterocycles. The summed E-state index contributed by atoms with van der Waals surface area (Å²) in [5, 5.41) is 0. The summed E-state index contributed by atoms with van der Waals surface area (Å²) >= 11 is 0. The molecule has 150 valence electrons. The zero-order chi connectivity index (χ0) is 19.4. The molecule has 0 aromatic heterocycles. The second-order valence-corrected chi connectivity index (χ2v) is 9.69. The zero-order valence-corrected chi connectivity index (χ0v) is 17.1. The number of methoxy groups -OCH3 is 1. The molecule has 3 rings (SSSR count). The summed E-state index contributed by atoms with van der Waals surface area (Å²) in [6.07, 6.45) is 5.85. The van der Waals surface area contributed by atoms with Crippen molar-refractivity contribution in [1.29, 1.82) is 0 Å². The quantitative estimate of drug-likeness (QED) is 0.735. The Kier molecular flexibility index (Phi) is 6.55. The summed E-state index contributed by atoms with van der Waals surface area (Å²) in [7, 11) is -1.39. The van der Waals surface area contributed by atoms with Gasteiger partial charge in [0.15, 0.2) is 9.84 Å². The number of aryl methyl sites for hydroxylation is 1. The summed E-state index contributed by atoms with van der Waals surface area (Å²) in [5.41, 5.74) is 0.994. The van der Waals surface area contributed by atoms with Gasteiger partial charge in [0, 0.05) is 52.0 Å². The third-order valence-corrected chi connectivity index (χ3v) is 6.95. The number of carbonyl (C=O) groups excluding carboxylic acids is 1. The van der Waals surface area contributed by atoms with Crippen LogP contribution in [0.4, 0.5) is 0 Å². The van der Waals surface area contributed by atoms with Gasteiger partial charge in [-0.2, -0.15) is 0 Å². The third-order valence-electron chi connectivity index (χ3n) is 5.82. The minimum Gasteiger partial charge on any atom is -0.380 e. The van der Waals surface area contributed by atoms with Gasteiger partial charge in [-0.1, -0.05) is 12.1 Å². The van der Waals surface area contributed by atoms with Crippen molar-refractivity contribution >= 4 is 15.7 Å². The number of sulfone groups is 1. The molecule has 2 saturated heterocycles. The molecule has 0 aliphatic carbocycles. The van der Waals surface area contributed by atoms with E-state index >= 15 is 0 Å². The first kappa shape index (κ1) is 20.3. The number of benzene rings is 1. The van der Waals surface area contributed by atoms with Crippen LogP contribution in [0.1, 0.15) is 31.2 Å². The van der Waals surface area contributed by atoms with Crippen molar-refractivity contribution in [2.75, 3.05) is 39.5 Å². The number of ether oxygens (including phenoxy) is 1. The van der Waals surface area contributed by atoms with E-state index in [1.807, 2.05) is 4.90 Å². The van der Waals surface area contributed by atoms with E-state index in [4.69, 9.17) is 4.74 Å². The Hall–Kier alpha value is -1.44. The lowest BCUT2D eigenvalue weighted by Gasteiger charge is -2.36. The highest BCUT2D eigenvalue weighted by Gasteiger charge is 2.31. The molecule has 27 heavy (non-hydrogen) atoms. The van der Waals surface area contributed by atoms with Crippen molar-refractivity contribution in [1.82, 2.24) is 9.80 Å². The molecule has 0 radical (unpaired) electrons. The van der Waals surface area contributed by atoms with Gasteiger partial charge >= 0.3 is 0 Å². The lowest BCUT2D eigenvalue weighted by Crippen LogP contribution is -2.46. The van der Waals surface area contributed by atoms with Crippen LogP contribution in [-0.4, -0.2) is 75.8 Å². The molecule has 7 heteroatoms. The van der Waals surface area contributed by atoms with Crippen molar-refractivity contribution in [2.45, 2.75) is 49.1 Å². The Morgan fingerprint density at radius 2 is 1.78 bits per heavy atom. The molecule has 2 heterocycles. The van der Waals surface area contributed by atoms with Gasteiger partial charge in [-0.25, -0.2) is 8.42 Å². The lowest BCUT2D eigenvalue weighted by atomic mass is 10.0. The smallest absolute Gasteiger partial charge is 0.222 e. The molecule has 1 aromatic rings. The molecule has 0 N–H and O–H groups in total. The monoisotopic (exact) mass is 394 g/mol. The molecule has 0 spiro atoms. The van der Waals surface area contributed by atoms with Gasteiger partial charge in [-0.3, -0.25) is 9.69 Å². The average molecular weight is 395 g/mol. The number of hydrogen-bond donors (Lipinski definition) is 0. The van der Waals surface area contributed by atoms with Gasteiger partial charge in [-0.15, -0.1) is 0 Å². The fraction of sp³-hybridized carbons (Fsp3) is 0.650. The van der Waals surface area contributed by atoms with Crippen LogP contribution in [0.15, 0.2) is 29.2 Å². The topological polar surface area (TPSA) is 66.9 Å². The number of amides is 1. The molecular formula is C20H30N2O4S. The number of piperidine rings is 1. The van der Waals surface area contributed by atoms with Gasteiger partial charge in [0.25, 0.3) is 0 Å². The minimum absolute atomic E-state index is 0.192. The van der Waals surface area contributed by atoms with Gasteiger partial charge in [-0.05, 0) is 43.4 Å². The maximum Gasteiger partial charge on any atom is 0.222 e. The standard InChI is InChI=1S/C20H30N2O4S/c1-26-18-11-14-22(15-18)17-9-12-21(13-10-17)20(23)8-5-16-3-6-19(7-4-16)27(2,24)25/h3-4,6-7,17-18H,5,8-15H2,1-2H3. The Morgan fingerprint density at radius 3 is 2.33 bits per heavy atom. The SMILES string of the molecule is COC1CCN(C2CCN(C(=O)CCc3ccc(S(C)(=O)=O)cc3)CC2)C1. The predicted molar refractivity (Wildman–Crippen MR) is 104 cm³/mol. The Morgan fingerprint density at radius 1 is 1.11 bits per heavy atom. The van der Waals surface area contributed by atoms with E-state index in [0.29, 0.717) is 29.9 Å². The fourth-order valence-corrected chi connectivity index (χ4v) is 4.70. The van der Waals surface area contributed by atoms with Gasteiger partial charge < -0.3 is 9.64 Å². The summed E-state index contributed by atoms with van der Waals surface area (Å²) in [4.78, 5) is 17.3. The number of hydrogen-bond acceptors (Lipinski definition) is 5. The van der Waals surface area contributed by atoms with Crippen molar-refractivity contribution in [3.63, 3.8) is 0 Å².